The Balaban J connectivity index is 1.52. The van der Waals surface area contributed by atoms with E-state index in [9.17, 15) is 24.3 Å². The number of nitrogens with two attached hydrogens (primary N) is 3. The molecule has 0 aromatic carbocycles. The number of aromatic nitrogens is 3. The van der Waals surface area contributed by atoms with E-state index < -0.39 is 41.3 Å². The molecule has 1 fully saturated rings. The molecule has 0 radical (unpaired) electrons. The van der Waals surface area contributed by atoms with Crippen molar-refractivity contribution in [1.82, 2.24) is 20.2 Å². The number of thioether (sulfide) groups is 2. The molecule has 0 aliphatic carbocycles. The van der Waals surface area contributed by atoms with Crippen LogP contribution in [0.15, 0.2) is 33.0 Å². The molecule has 16 nitrogen and oxygen atoms in total. The fourth-order valence-electron chi connectivity index (χ4n) is 3.90. The van der Waals surface area contributed by atoms with Crippen LogP contribution in [0.3, 0.4) is 0 Å². The Kier molecular flexibility index (Phi) is 8.88. The van der Waals surface area contributed by atoms with Gasteiger partial charge in [0, 0.05) is 16.9 Å². The van der Waals surface area contributed by atoms with E-state index in [2.05, 4.69) is 20.4 Å². The van der Waals surface area contributed by atoms with Gasteiger partial charge in [0.15, 0.2) is 10.8 Å². The third-order valence-electron chi connectivity index (χ3n) is 5.92. The highest BCUT2D eigenvalue weighted by molar-refractivity contribution is 8.01. The van der Waals surface area contributed by atoms with E-state index >= 15 is 0 Å². The van der Waals surface area contributed by atoms with E-state index in [1.807, 2.05) is 6.92 Å². The molecule has 218 valence electrons. The number of thiazole rings is 1. The number of oxime groups is 1. The van der Waals surface area contributed by atoms with E-state index in [1.165, 1.54) is 41.9 Å². The first-order valence-corrected chi connectivity index (χ1v) is 14.8. The SMILES string of the molecule is CC[n+]1c(N)cc(N)nc1SCC1=C(C(=O)O)N2C(=O)C(NC(=O)/C(=N\O[C@H](C)C(=O)O)c3csc(N)n3)[C@H]2SC1. The number of nitrogens with zero attached hydrogens (tertiary/aromatic N) is 5. The summed E-state index contributed by atoms with van der Waals surface area (Å²) >= 11 is 3.54. The number of amides is 2. The van der Waals surface area contributed by atoms with Crippen molar-refractivity contribution in [3.63, 3.8) is 0 Å². The first-order chi connectivity index (χ1) is 19.4. The molecule has 4 heterocycles. The van der Waals surface area contributed by atoms with E-state index in [0.29, 0.717) is 23.1 Å². The molecular formula is C22H26N9O7S3+. The van der Waals surface area contributed by atoms with Crippen LogP contribution in [0.5, 0.6) is 0 Å². The fourth-order valence-corrected chi connectivity index (χ4v) is 7.03. The Labute approximate surface area is 245 Å². The van der Waals surface area contributed by atoms with E-state index in [-0.39, 0.29) is 39.6 Å². The van der Waals surface area contributed by atoms with Gasteiger partial charge in [0.25, 0.3) is 11.8 Å². The van der Waals surface area contributed by atoms with Gasteiger partial charge < -0.3 is 37.6 Å². The van der Waals surface area contributed by atoms with Crippen molar-refractivity contribution in [3.8, 4) is 0 Å². The quantitative estimate of drug-likeness (QED) is 0.0452. The molecule has 2 aromatic rings. The molecule has 0 spiro atoms. The molecule has 41 heavy (non-hydrogen) atoms. The topological polar surface area (TPSA) is 253 Å². The molecular weight excluding hydrogens is 598 g/mol. The van der Waals surface area contributed by atoms with Crippen LogP contribution in [0.25, 0.3) is 0 Å². The monoisotopic (exact) mass is 624 g/mol. The number of nitrogens with one attached hydrogen (secondary N) is 1. The summed E-state index contributed by atoms with van der Waals surface area (Å²) in [7, 11) is 0. The number of rotatable bonds is 11. The molecule has 3 atom stereocenters. The van der Waals surface area contributed by atoms with Gasteiger partial charge in [-0.15, -0.1) is 23.1 Å². The second-order valence-corrected chi connectivity index (χ2v) is 11.6. The van der Waals surface area contributed by atoms with Gasteiger partial charge in [-0.3, -0.25) is 14.5 Å². The van der Waals surface area contributed by atoms with E-state index in [4.69, 9.17) is 27.1 Å². The minimum absolute atomic E-state index is 0.0214. The number of fused-ring (bicyclic) bond motifs is 1. The molecule has 9 N–H and O–H groups in total. The molecule has 0 bridgehead atoms. The lowest BCUT2D eigenvalue weighted by Gasteiger charge is -2.49. The number of carboxylic acid groups (broad SMARTS) is 2. The van der Waals surface area contributed by atoms with Crippen LogP contribution < -0.4 is 27.1 Å². The number of aliphatic carboxylic acids is 2. The largest absolute Gasteiger partial charge is 0.478 e. The van der Waals surface area contributed by atoms with Crippen molar-refractivity contribution in [1.29, 1.82) is 0 Å². The zero-order chi connectivity index (χ0) is 30.0. The first kappa shape index (κ1) is 29.9. The van der Waals surface area contributed by atoms with Gasteiger partial charge in [-0.1, -0.05) is 10.1 Å². The maximum atomic E-state index is 13.1. The number of nitrogen functional groups attached to an aromatic ring is 3. The normalized spacial score (nSPS) is 19.3. The lowest BCUT2D eigenvalue weighted by Crippen LogP contribution is -2.71. The summed E-state index contributed by atoms with van der Waals surface area (Å²) in [6.07, 6.45) is -1.37. The Bertz CT molecular complexity index is 1480. The highest BCUT2D eigenvalue weighted by Crippen LogP contribution is 2.41. The van der Waals surface area contributed by atoms with Crippen LogP contribution in [0, 0.1) is 0 Å². The van der Waals surface area contributed by atoms with Crippen molar-refractivity contribution < 1.29 is 38.8 Å². The van der Waals surface area contributed by atoms with Gasteiger partial charge in [0.2, 0.25) is 17.7 Å². The van der Waals surface area contributed by atoms with Crippen LogP contribution in [0.2, 0.25) is 0 Å². The third kappa shape index (κ3) is 6.15. The Hall–Kier alpha value is -4.10. The minimum Gasteiger partial charge on any atom is -0.478 e. The average molecular weight is 625 g/mol. The molecule has 0 saturated carbocycles. The predicted molar refractivity (Wildman–Crippen MR) is 151 cm³/mol. The smallest absolute Gasteiger partial charge is 0.352 e. The summed E-state index contributed by atoms with van der Waals surface area (Å²) < 4.78 is 1.73. The number of hydrogen-bond donors (Lipinski definition) is 6. The molecule has 2 aromatic heterocycles. The van der Waals surface area contributed by atoms with Gasteiger partial charge in [0.1, 0.15) is 22.8 Å². The van der Waals surface area contributed by atoms with Crippen molar-refractivity contribution in [3.05, 3.63) is 28.4 Å². The molecule has 2 aliphatic rings. The number of β-lactam (4-membered cyclic amide) rings is 1. The number of hydrogen-bond acceptors (Lipinski definition) is 14. The van der Waals surface area contributed by atoms with Gasteiger partial charge in [0.05, 0.1) is 12.6 Å². The Morgan fingerprint density at radius 2 is 2.05 bits per heavy atom. The Morgan fingerprint density at radius 3 is 2.66 bits per heavy atom. The third-order valence-corrected chi connectivity index (χ3v) is 9.00. The van der Waals surface area contributed by atoms with Crippen molar-refractivity contribution in [2.24, 2.45) is 5.16 Å². The molecule has 2 amide bonds. The average Bonchev–Trinajstić information content (AvgIpc) is 3.34. The standard InChI is InChI=1S/C22H25N9O7S3/c1-3-30-12(24)4-11(23)27-22(30)41-6-9-5-39-18-14(17(33)31(18)15(9)20(36)37)28-16(32)13(10-7-40-21(25)26-10)29-38-8(2)19(34)35/h4,7-8,14,18H,3,5-6H2,1-2H3,(H8,23,24,25,26,28,32,34,35,36,37)/p+1/b29-13-/t8-,14?,18-/m1/s1. The maximum Gasteiger partial charge on any atom is 0.352 e. The summed E-state index contributed by atoms with van der Waals surface area (Å²) in [5.41, 5.74) is 17.5. The highest BCUT2D eigenvalue weighted by Gasteiger charge is 2.54. The molecule has 19 heteroatoms. The zero-order valence-electron chi connectivity index (χ0n) is 21.6. The summed E-state index contributed by atoms with van der Waals surface area (Å²) in [6, 6.07) is 0.453. The molecule has 4 rings (SSSR count). The van der Waals surface area contributed by atoms with Crippen LogP contribution in [-0.2, 0) is 30.6 Å². The molecule has 1 saturated heterocycles. The summed E-state index contributed by atoms with van der Waals surface area (Å²) in [5.74, 6) is -3.00. The minimum atomic E-state index is -1.37. The zero-order valence-corrected chi connectivity index (χ0v) is 24.1. The fraction of sp³-hybridized carbons (Fsp3) is 0.364. The van der Waals surface area contributed by atoms with Gasteiger partial charge in [-0.05, 0) is 31.2 Å². The highest BCUT2D eigenvalue weighted by atomic mass is 32.2. The molecule has 2 aliphatic heterocycles. The van der Waals surface area contributed by atoms with Crippen molar-refractivity contribution >= 4 is 81.1 Å². The van der Waals surface area contributed by atoms with E-state index in [0.717, 1.165) is 16.2 Å². The summed E-state index contributed by atoms with van der Waals surface area (Å²) in [6.45, 7) is 3.62. The predicted octanol–water partition coefficient (Wildman–Crippen LogP) is -0.683. The second-order valence-electron chi connectivity index (χ2n) is 8.64. The van der Waals surface area contributed by atoms with Crippen LogP contribution in [0.4, 0.5) is 16.8 Å². The number of carbonyl (C=O) groups excluding carboxylic acids is 2. The van der Waals surface area contributed by atoms with Crippen LogP contribution in [-0.4, -0.2) is 83.6 Å². The van der Waals surface area contributed by atoms with Crippen LogP contribution >= 0.6 is 34.9 Å². The van der Waals surface area contributed by atoms with Crippen molar-refractivity contribution in [2.45, 2.75) is 43.1 Å². The van der Waals surface area contributed by atoms with Gasteiger partial charge in [-0.25, -0.2) is 19.1 Å². The van der Waals surface area contributed by atoms with Gasteiger partial charge in [-0.2, -0.15) is 0 Å². The second kappa shape index (κ2) is 12.2. The number of carbonyl (C=O) groups is 4. The lowest BCUT2D eigenvalue weighted by atomic mass is 10.0. The van der Waals surface area contributed by atoms with Crippen LogP contribution in [0.1, 0.15) is 19.5 Å². The van der Waals surface area contributed by atoms with Crippen molar-refractivity contribution in [2.75, 3.05) is 28.7 Å². The molecule has 1 unspecified atom stereocenters. The summed E-state index contributed by atoms with van der Waals surface area (Å²) in [4.78, 5) is 64.0. The van der Waals surface area contributed by atoms with Gasteiger partial charge >= 0.3 is 17.1 Å². The number of anilines is 3. The first-order valence-electron chi connectivity index (χ1n) is 11.9. The van der Waals surface area contributed by atoms with E-state index in [1.54, 1.807) is 4.57 Å². The Morgan fingerprint density at radius 1 is 1.32 bits per heavy atom. The summed E-state index contributed by atoms with van der Waals surface area (Å²) in [5, 5.41) is 26.6. The lowest BCUT2D eigenvalue weighted by molar-refractivity contribution is -0.719. The number of carboxylic acids is 2. The maximum absolute atomic E-state index is 13.1.